The largest absolute Gasteiger partial charge is 0.0914 e. The molecule has 0 saturated heterocycles. The van der Waals surface area contributed by atoms with Crippen LogP contribution in [0.5, 0.6) is 0 Å². The summed E-state index contributed by atoms with van der Waals surface area (Å²) < 4.78 is 0. The molecule has 0 aliphatic heterocycles. The summed E-state index contributed by atoms with van der Waals surface area (Å²) in [4.78, 5) is 0. The second-order valence-corrected chi connectivity index (χ2v) is 7.66. The smallest absolute Gasteiger partial charge is 0.0249 e. The van der Waals surface area contributed by atoms with Gasteiger partial charge in [-0.1, -0.05) is 53.8 Å². The lowest BCUT2D eigenvalue weighted by atomic mass is 9.79. The molecule has 1 aliphatic carbocycles. The van der Waals surface area contributed by atoms with E-state index in [0.717, 1.165) is 23.0 Å². The van der Waals surface area contributed by atoms with Gasteiger partial charge in [0.05, 0.1) is 0 Å². The van der Waals surface area contributed by atoms with Crippen LogP contribution in [-0.4, -0.2) is 0 Å². The SMILES string of the molecule is C/C=C/C1CCC(CCc2ccc(C#Cc3ccc(C)cc3)cc2)CC1. The van der Waals surface area contributed by atoms with Gasteiger partial charge >= 0.3 is 0 Å². The van der Waals surface area contributed by atoms with Crippen molar-refractivity contribution in [3.63, 3.8) is 0 Å². The summed E-state index contributed by atoms with van der Waals surface area (Å²) in [6.07, 6.45) is 12.7. The topological polar surface area (TPSA) is 0 Å². The zero-order valence-electron chi connectivity index (χ0n) is 16.2. The van der Waals surface area contributed by atoms with Gasteiger partial charge in [0.25, 0.3) is 0 Å². The number of benzene rings is 2. The zero-order chi connectivity index (χ0) is 18.2. The fraction of sp³-hybridized carbons (Fsp3) is 0.385. The molecule has 1 aliphatic rings. The highest BCUT2D eigenvalue weighted by molar-refractivity contribution is 5.43. The summed E-state index contributed by atoms with van der Waals surface area (Å²) in [7, 11) is 0. The highest BCUT2D eigenvalue weighted by atomic mass is 14.2. The van der Waals surface area contributed by atoms with Crippen LogP contribution in [0, 0.1) is 30.6 Å². The molecule has 1 saturated carbocycles. The molecule has 134 valence electrons. The first-order valence-electron chi connectivity index (χ1n) is 10.0. The van der Waals surface area contributed by atoms with Crippen molar-refractivity contribution in [1.82, 2.24) is 0 Å². The van der Waals surface area contributed by atoms with E-state index in [1.165, 1.54) is 49.7 Å². The Balaban J connectivity index is 1.48. The number of hydrogen-bond acceptors (Lipinski definition) is 0. The molecule has 2 aromatic carbocycles. The van der Waals surface area contributed by atoms with Gasteiger partial charge in [0.15, 0.2) is 0 Å². The molecule has 1 fully saturated rings. The van der Waals surface area contributed by atoms with E-state index in [4.69, 9.17) is 0 Å². The molecule has 0 amide bonds. The van der Waals surface area contributed by atoms with Crippen molar-refractivity contribution < 1.29 is 0 Å². The van der Waals surface area contributed by atoms with E-state index < -0.39 is 0 Å². The molecule has 0 radical (unpaired) electrons. The Labute approximate surface area is 159 Å². The van der Waals surface area contributed by atoms with E-state index in [2.05, 4.69) is 86.4 Å². The third-order valence-electron chi connectivity index (χ3n) is 5.55. The van der Waals surface area contributed by atoms with Crippen LogP contribution in [0.15, 0.2) is 60.7 Å². The maximum absolute atomic E-state index is 3.27. The standard InChI is InChI=1S/C26H30/c1-3-4-22-9-11-24(12-10-22)15-16-26-19-17-25(18-20-26)14-13-23-7-5-21(2)6-8-23/h3-8,17-20,22,24H,9-12,15-16H2,1-2H3/b4-3+. The van der Waals surface area contributed by atoms with E-state index in [-0.39, 0.29) is 0 Å². The molecule has 2 aromatic rings. The fourth-order valence-corrected chi connectivity index (χ4v) is 3.85. The monoisotopic (exact) mass is 342 g/mol. The summed E-state index contributed by atoms with van der Waals surface area (Å²) in [6, 6.07) is 17.2. The van der Waals surface area contributed by atoms with Crippen molar-refractivity contribution in [2.24, 2.45) is 11.8 Å². The highest BCUT2D eigenvalue weighted by Gasteiger charge is 2.18. The van der Waals surface area contributed by atoms with Crippen molar-refractivity contribution in [2.75, 3.05) is 0 Å². The van der Waals surface area contributed by atoms with Crippen molar-refractivity contribution in [3.05, 3.63) is 82.9 Å². The average molecular weight is 343 g/mol. The van der Waals surface area contributed by atoms with Gasteiger partial charge < -0.3 is 0 Å². The Kier molecular flexibility index (Phi) is 6.73. The van der Waals surface area contributed by atoms with Crippen LogP contribution in [0.4, 0.5) is 0 Å². The molecule has 0 bridgehead atoms. The predicted octanol–water partition coefficient (Wildman–Crippen LogP) is 6.71. The molecule has 0 N–H and O–H groups in total. The van der Waals surface area contributed by atoms with Gasteiger partial charge in [0, 0.05) is 11.1 Å². The zero-order valence-corrected chi connectivity index (χ0v) is 16.2. The van der Waals surface area contributed by atoms with Crippen LogP contribution in [-0.2, 0) is 6.42 Å². The van der Waals surface area contributed by atoms with E-state index in [9.17, 15) is 0 Å². The summed E-state index contributed by atoms with van der Waals surface area (Å²) in [5.74, 6) is 8.27. The first-order chi connectivity index (χ1) is 12.7. The second-order valence-electron chi connectivity index (χ2n) is 7.66. The van der Waals surface area contributed by atoms with E-state index in [0.29, 0.717) is 0 Å². The van der Waals surface area contributed by atoms with Crippen LogP contribution in [0.2, 0.25) is 0 Å². The van der Waals surface area contributed by atoms with Crippen molar-refractivity contribution >= 4 is 0 Å². The fourth-order valence-electron chi connectivity index (χ4n) is 3.85. The minimum Gasteiger partial charge on any atom is -0.0914 e. The number of rotatable bonds is 4. The molecule has 0 aromatic heterocycles. The average Bonchev–Trinajstić information content (AvgIpc) is 2.68. The normalized spacial score (nSPS) is 19.9. The minimum absolute atomic E-state index is 0.836. The van der Waals surface area contributed by atoms with Gasteiger partial charge in [0.1, 0.15) is 0 Å². The minimum atomic E-state index is 0.836. The third-order valence-corrected chi connectivity index (χ3v) is 5.55. The van der Waals surface area contributed by atoms with Gasteiger partial charge in [-0.15, -0.1) is 0 Å². The van der Waals surface area contributed by atoms with E-state index >= 15 is 0 Å². The molecular weight excluding hydrogens is 312 g/mol. The molecule has 0 nitrogen and oxygen atoms in total. The van der Waals surface area contributed by atoms with Crippen LogP contribution in [0.1, 0.15) is 61.3 Å². The van der Waals surface area contributed by atoms with Gasteiger partial charge in [-0.3, -0.25) is 0 Å². The molecule has 0 atom stereocenters. The molecular formula is C26H30. The highest BCUT2D eigenvalue weighted by Crippen LogP contribution is 2.32. The maximum atomic E-state index is 3.27. The Hall–Kier alpha value is -2.26. The van der Waals surface area contributed by atoms with Crippen molar-refractivity contribution in [1.29, 1.82) is 0 Å². The molecule has 0 spiro atoms. The Morgan fingerprint density at radius 2 is 1.42 bits per heavy atom. The lowest BCUT2D eigenvalue weighted by Gasteiger charge is -2.26. The Morgan fingerprint density at radius 3 is 2.00 bits per heavy atom. The number of hydrogen-bond donors (Lipinski definition) is 0. The molecule has 0 heterocycles. The summed E-state index contributed by atoms with van der Waals surface area (Å²) >= 11 is 0. The lowest BCUT2D eigenvalue weighted by Crippen LogP contribution is -2.13. The quantitative estimate of drug-likeness (QED) is 0.428. The molecule has 0 heteroatoms. The number of aryl methyl sites for hydroxylation is 2. The molecule has 0 unspecified atom stereocenters. The Morgan fingerprint density at radius 1 is 0.846 bits per heavy atom. The van der Waals surface area contributed by atoms with Crippen LogP contribution in [0.25, 0.3) is 0 Å². The maximum Gasteiger partial charge on any atom is 0.0249 e. The first-order valence-corrected chi connectivity index (χ1v) is 10.0. The van der Waals surface area contributed by atoms with Crippen LogP contribution in [0.3, 0.4) is 0 Å². The van der Waals surface area contributed by atoms with Gasteiger partial charge in [-0.25, -0.2) is 0 Å². The van der Waals surface area contributed by atoms with Gasteiger partial charge in [0.2, 0.25) is 0 Å². The van der Waals surface area contributed by atoms with Gasteiger partial charge in [-0.2, -0.15) is 0 Å². The lowest BCUT2D eigenvalue weighted by molar-refractivity contribution is 0.296. The van der Waals surface area contributed by atoms with Crippen LogP contribution >= 0.6 is 0 Å². The molecule has 3 rings (SSSR count). The third kappa shape index (κ3) is 5.63. The van der Waals surface area contributed by atoms with Crippen molar-refractivity contribution in [3.8, 4) is 11.8 Å². The van der Waals surface area contributed by atoms with Crippen molar-refractivity contribution in [2.45, 2.75) is 52.4 Å². The predicted molar refractivity (Wildman–Crippen MR) is 112 cm³/mol. The summed E-state index contributed by atoms with van der Waals surface area (Å²) in [6.45, 7) is 4.24. The molecule has 26 heavy (non-hydrogen) atoms. The van der Waals surface area contributed by atoms with Gasteiger partial charge in [-0.05, 0) is 94.0 Å². The first kappa shape index (κ1) is 18.5. The van der Waals surface area contributed by atoms with E-state index in [1.807, 2.05) is 0 Å². The van der Waals surface area contributed by atoms with E-state index in [1.54, 1.807) is 0 Å². The summed E-state index contributed by atoms with van der Waals surface area (Å²) in [5.41, 5.74) is 4.89. The second kappa shape index (κ2) is 9.44. The van der Waals surface area contributed by atoms with Crippen LogP contribution < -0.4 is 0 Å². The Bertz CT molecular complexity index is 758. The number of allylic oxidation sites excluding steroid dienone is 2. The summed E-state index contributed by atoms with van der Waals surface area (Å²) in [5, 5.41) is 0.